The molecule has 0 spiro atoms. The zero-order chi connectivity index (χ0) is 19.3. The molecular weight excluding hydrogens is 375 g/mol. The summed E-state index contributed by atoms with van der Waals surface area (Å²) in [6, 6.07) is 4.90. The average Bonchev–Trinajstić information content (AvgIpc) is 2.57. The fraction of sp³-hybridized carbons (Fsp3) is 0.556. The van der Waals surface area contributed by atoms with E-state index in [-0.39, 0.29) is 23.9 Å². The van der Waals surface area contributed by atoms with Gasteiger partial charge in [-0.2, -0.15) is 0 Å². The van der Waals surface area contributed by atoms with Crippen LogP contribution >= 0.6 is 23.2 Å². The lowest BCUT2D eigenvalue weighted by atomic mass is 10.2. The van der Waals surface area contributed by atoms with Crippen LogP contribution in [0.2, 0.25) is 10.0 Å². The van der Waals surface area contributed by atoms with E-state index in [0.29, 0.717) is 22.3 Å². The summed E-state index contributed by atoms with van der Waals surface area (Å²) in [5.74, 6) is -0.0479. The van der Waals surface area contributed by atoms with E-state index in [1.54, 1.807) is 18.2 Å². The zero-order valence-corrected chi connectivity index (χ0v) is 16.9. The van der Waals surface area contributed by atoms with Gasteiger partial charge in [-0.1, -0.05) is 23.2 Å². The molecule has 144 valence electrons. The second-order valence-corrected chi connectivity index (χ2v) is 7.64. The second kappa shape index (κ2) is 9.55. The topological polar surface area (TPSA) is 64.7 Å². The van der Waals surface area contributed by atoms with Gasteiger partial charge in [0.25, 0.3) is 0 Å². The summed E-state index contributed by atoms with van der Waals surface area (Å²) in [6.45, 7) is 9.18. The smallest absolute Gasteiger partial charge is 0.241 e. The molecule has 1 aliphatic heterocycles. The molecular formula is C18H26Cl2N4O2. The van der Waals surface area contributed by atoms with Crippen LogP contribution in [-0.2, 0) is 9.59 Å². The molecule has 26 heavy (non-hydrogen) atoms. The van der Waals surface area contributed by atoms with E-state index in [0.717, 1.165) is 26.2 Å². The summed E-state index contributed by atoms with van der Waals surface area (Å²) < 4.78 is 0. The number of piperazine rings is 1. The molecule has 2 N–H and O–H groups in total. The van der Waals surface area contributed by atoms with E-state index in [1.807, 2.05) is 20.8 Å². The van der Waals surface area contributed by atoms with Gasteiger partial charge < -0.3 is 10.6 Å². The Morgan fingerprint density at radius 3 is 2.31 bits per heavy atom. The van der Waals surface area contributed by atoms with Gasteiger partial charge in [0.1, 0.15) is 0 Å². The third-order valence-corrected chi connectivity index (χ3v) is 5.08. The lowest BCUT2D eigenvalue weighted by Gasteiger charge is -2.37. The van der Waals surface area contributed by atoms with E-state index in [4.69, 9.17) is 23.2 Å². The van der Waals surface area contributed by atoms with Crippen molar-refractivity contribution in [2.24, 2.45) is 0 Å². The van der Waals surface area contributed by atoms with Crippen molar-refractivity contribution in [1.82, 2.24) is 15.1 Å². The van der Waals surface area contributed by atoms with Crippen LogP contribution in [0.15, 0.2) is 18.2 Å². The first-order chi connectivity index (χ1) is 12.3. The van der Waals surface area contributed by atoms with E-state index in [9.17, 15) is 9.59 Å². The molecule has 0 unspecified atom stereocenters. The fourth-order valence-corrected chi connectivity index (χ4v) is 3.16. The third kappa shape index (κ3) is 6.13. The van der Waals surface area contributed by atoms with Gasteiger partial charge in [0, 0.05) is 37.9 Å². The summed E-state index contributed by atoms with van der Waals surface area (Å²) >= 11 is 11.9. The van der Waals surface area contributed by atoms with Crippen molar-refractivity contribution >= 4 is 40.7 Å². The quantitative estimate of drug-likeness (QED) is 0.769. The average molecular weight is 401 g/mol. The predicted octanol–water partition coefficient (Wildman–Crippen LogP) is 2.46. The molecule has 1 saturated heterocycles. The molecule has 1 aromatic carbocycles. The van der Waals surface area contributed by atoms with Crippen LogP contribution in [0.3, 0.4) is 0 Å². The number of nitrogens with zero attached hydrogens (tertiary/aromatic N) is 2. The molecule has 1 aromatic rings. The molecule has 0 radical (unpaired) electrons. The van der Waals surface area contributed by atoms with Crippen molar-refractivity contribution in [3.05, 3.63) is 28.2 Å². The summed E-state index contributed by atoms with van der Waals surface area (Å²) in [4.78, 5) is 28.6. The van der Waals surface area contributed by atoms with Gasteiger partial charge in [0.2, 0.25) is 11.8 Å². The fourth-order valence-electron chi connectivity index (χ4n) is 2.87. The van der Waals surface area contributed by atoms with Gasteiger partial charge in [-0.05, 0) is 39.0 Å². The van der Waals surface area contributed by atoms with Crippen LogP contribution < -0.4 is 10.6 Å². The Hall–Kier alpha value is -1.34. The number of carbonyl (C=O) groups excluding carboxylic acids is 2. The van der Waals surface area contributed by atoms with Gasteiger partial charge in [0.15, 0.2) is 0 Å². The highest BCUT2D eigenvalue weighted by atomic mass is 35.5. The van der Waals surface area contributed by atoms with Crippen molar-refractivity contribution in [3.8, 4) is 0 Å². The number of hydrogen-bond acceptors (Lipinski definition) is 4. The number of amides is 2. The van der Waals surface area contributed by atoms with Gasteiger partial charge in [-0.15, -0.1) is 0 Å². The molecule has 0 saturated carbocycles. The Labute approximate surface area is 164 Å². The maximum Gasteiger partial charge on any atom is 0.241 e. The van der Waals surface area contributed by atoms with Crippen molar-refractivity contribution in [3.63, 3.8) is 0 Å². The normalized spacial score (nSPS) is 17.2. The highest BCUT2D eigenvalue weighted by Crippen LogP contribution is 2.25. The summed E-state index contributed by atoms with van der Waals surface area (Å²) in [7, 11) is 0. The third-order valence-electron chi connectivity index (χ3n) is 4.34. The summed E-state index contributed by atoms with van der Waals surface area (Å²) in [5.41, 5.74) is 0.625. The molecule has 0 aromatic heterocycles. The summed E-state index contributed by atoms with van der Waals surface area (Å²) in [5, 5.41) is 6.63. The van der Waals surface area contributed by atoms with E-state index in [1.165, 1.54) is 0 Å². The Bertz CT molecular complexity index is 646. The van der Waals surface area contributed by atoms with E-state index >= 15 is 0 Å². The van der Waals surface area contributed by atoms with Crippen LogP contribution in [-0.4, -0.2) is 66.4 Å². The monoisotopic (exact) mass is 400 g/mol. The Morgan fingerprint density at radius 1 is 1.08 bits per heavy atom. The first-order valence-corrected chi connectivity index (χ1v) is 9.53. The SMILES string of the molecule is CC(C)NC(=O)CN1CCN([C@H](C)C(=O)Nc2ccc(Cl)c(Cl)c2)CC1. The lowest BCUT2D eigenvalue weighted by molar-refractivity contribution is -0.125. The van der Waals surface area contributed by atoms with Gasteiger partial charge in [-0.3, -0.25) is 19.4 Å². The molecule has 1 heterocycles. The maximum atomic E-state index is 12.5. The first-order valence-electron chi connectivity index (χ1n) is 8.78. The summed E-state index contributed by atoms with van der Waals surface area (Å²) in [6.07, 6.45) is 0. The van der Waals surface area contributed by atoms with Crippen LogP contribution in [0.5, 0.6) is 0 Å². The highest BCUT2D eigenvalue weighted by molar-refractivity contribution is 6.42. The molecule has 6 nitrogen and oxygen atoms in total. The Morgan fingerprint density at radius 2 is 1.73 bits per heavy atom. The molecule has 2 rings (SSSR count). The standard InChI is InChI=1S/C18H26Cl2N4O2/c1-12(2)21-17(25)11-23-6-8-24(9-7-23)13(3)18(26)22-14-4-5-15(19)16(20)10-14/h4-5,10,12-13H,6-9,11H2,1-3H3,(H,21,25)(H,22,26)/t13-/m1/s1. The highest BCUT2D eigenvalue weighted by Gasteiger charge is 2.26. The first kappa shape index (κ1) is 21.0. The van der Waals surface area contributed by atoms with Crippen LogP contribution in [0.4, 0.5) is 5.69 Å². The van der Waals surface area contributed by atoms with E-state index < -0.39 is 0 Å². The Balaban J connectivity index is 1.81. The van der Waals surface area contributed by atoms with Gasteiger partial charge in [0.05, 0.1) is 22.6 Å². The number of rotatable bonds is 6. The number of carbonyl (C=O) groups is 2. The largest absolute Gasteiger partial charge is 0.353 e. The molecule has 0 aliphatic carbocycles. The van der Waals surface area contributed by atoms with Crippen LogP contribution in [0.25, 0.3) is 0 Å². The number of nitrogens with one attached hydrogen (secondary N) is 2. The van der Waals surface area contributed by atoms with Crippen molar-refractivity contribution in [1.29, 1.82) is 0 Å². The van der Waals surface area contributed by atoms with E-state index in [2.05, 4.69) is 20.4 Å². The number of benzene rings is 1. The molecule has 1 fully saturated rings. The molecule has 8 heteroatoms. The molecule has 0 bridgehead atoms. The second-order valence-electron chi connectivity index (χ2n) is 6.83. The number of halogens is 2. The molecule has 1 atom stereocenters. The lowest BCUT2D eigenvalue weighted by Crippen LogP contribution is -2.54. The van der Waals surface area contributed by atoms with Crippen molar-refractivity contribution in [2.45, 2.75) is 32.9 Å². The van der Waals surface area contributed by atoms with Gasteiger partial charge >= 0.3 is 0 Å². The van der Waals surface area contributed by atoms with Crippen LogP contribution in [0, 0.1) is 0 Å². The minimum Gasteiger partial charge on any atom is -0.353 e. The molecule has 2 amide bonds. The minimum atomic E-state index is -0.268. The van der Waals surface area contributed by atoms with Crippen molar-refractivity contribution < 1.29 is 9.59 Å². The van der Waals surface area contributed by atoms with Gasteiger partial charge in [-0.25, -0.2) is 0 Å². The Kier molecular flexibility index (Phi) is 7.70. The zero-order valence-electron chi connectivity index (χ0n) is 15.4. The van der Waals surface area contributed by atoms with Crippen LogP contribution in [0.1, 0.15) is 20.8 Å². The maximum absolute atomic E-state index is 12.5. The predicted molar refractivity (Wildman–Crippen MR) is 106 cm³/mol. The number of hydrogen-bond donors (Lipinski definition) is 2. The molecule has 1 aliphatic rings. The van der Waals surface area contributed by atoms with Crippen molar-refractivity contribution in [2.75, 3.05) is 38.0 Å². The number of anilines is 1. The minimum absolute atomic E-state index is 0.0406.